The normalized spacial score (nSPS) is 16.6. The number of rotatable bonds is 6. The second kappa shape index (κ2) is 8.11. The number of benzene rings is 1. The molecule has 0 bridgehead atoms. The Morgan fingerprint density at radius 1 is 1.25 bits per heavy atom. The SMILES string of the molecule is COc1cc2c3c(c(OCCN4CCCC4)nc2cc1Cl)CN(C(=O)CO)C3. The van der Waals surface area contributed by atoms with Gasteiger partial charge in [-0.3, -0.25) is 9.69 Å². The summed E-state index contributed by atoms with van der Waals surface area (Å²) in [6.45, 7) is 3.89. The number of aromatic nitrogens is 1. The lowest BCUT2D eigenvalue weighted by Gasteiger charge is -2.17. The maximum Gasteiger partial charge on any atom is 0.248 e. The number of fused-ring (bicyclic) bond motifs is 3. The maximum atomic E-state index is 12.1. The van der Waals surface area contributed by atoms with Crippen molar-refractivity contribution in [1.29, 1.82) is 0 Å². The Morgan fingerprint density at radius 2 is 2.00 bits per heavy atom. The topological polar surface area (TPSA) is 75.1 Å². The molecular formula is C20H24ClN3O4. The summed E-state index contributed by atoms with van der Waals surface area (Å²) >= 11 is 6.29. The first kappa shape index (κ1) is 19.2. The predicted molar refractivity (Wildman–Crippen MR) is 106 cm³/mol. The van der Waals surface area contributed by atoms with Crippen molar-refractivity contribution in [3.63, 3.8) is 0 Å². The van der Waals surface area contributed by atoms with E-state index < -0.39 is 6.61 Å². The van der Waals surface area contributed by atoms with Gasteiger partial charge in [0.15, 0.2) is 0 Å². The molecule has 1 N–H and O–H groups in total. The van der Waals surface area contributed by atoms with Crippen molar-refractivity contribution in [2.75, 3.05) is 40.0 Å². The van der Waals surface area contributed by atoms with Crippen LogP contribution in [0.1, 0.15) is 24.0 Å². The minimum Gasteiger partial charge on any atom is -0.495 e. The first-order valence-corrected chi connectivity index (χ1v) is 9.91. The van der Waals surface area contributed by atoms with Crippen molar-refractivity contribution in [3.05, 3.63) is 28.3 Å². The van der Waals surface area contributed by atoms with Crippen LogP contribution in [-0.4, -0.2) is 65.8 Å². The fourth-order valence-electron chi connectivity index (χ4n) is 3.96. The van der Waals surface area contributed by atoms with E-state index in [2.05, 4.69) is 9.88 Å². The Kier molecular flexibility index (Phi) is 5.57. The van der Waals surface area contributed by atoms with Crippen LogP contribution in [0, 0.1) is 0 Å². The number of hydrogen-bond donors (Lipinski definition) is 1. The molecule has 0 atom stereocenters. The minimum atomic E-state index is -0.514. The molecule has 0 unspecified atom stereocenters. The number of likely N-dealkylation sites (tertiary alicyclic amines) is 1. The number of aliphatic hydroxyl groups is 1. The van der Waals surface area contributed by atoms with Crippen LogP contribution >= 0.6 is 11.6 Å². The number of carbonyl (C=O) groups excluding carboxylic acids is 1. The van der Waals surface area contributed by atoms with Gasteiger partial charge in [0, 0.05) is 24.0 Å². The molecule has 1 amide bonds. The molecule has 1 aromatic heterocycles. The average Bonchev–Trinajstić information content (AvgIpc) is 3.37. The lowest BCUT2D eigenvalue weighted by molar-refractivity contribution is -0.134. The number of pyridine rings is 1. The molecule has 2 aliphatic rings. The fourth-order valence-corrected chi connectivity index (χ4v) is 4.19. The fraction of sp³-hybridized carbons (Fsp3) is 0.500. The smallest absolute Gasteiger partial charge is 0.248 e. The number of methoxy groups -OCH3 is 1. The largest absolute Gasteiger partial charge is 0.495 e. The third-order valence-electron chi connectivity index (χ3n) is 5.47. The Balaban J connectivity index is 1.67. The van der Waals surface area contributed by atoms with Crippen LogP contribution in [0.4, 0.5) is 0 Å². The summed E-state index contributed by atoms with van der Waals surface area (Å²) in [5.74, 6) is 0.789. The van der Waals surface area contributed by atoms with E-state index in [-0.39, 0.29) is 5.91 Å². The monoisotopic (exact) mass is 405 g/mol. The van der Waals surface area contributed by atoms with Crippen LogP contribution < -0.4 is 9.47 Å². The summed E-state index contributed by atoms with van der Waals surface area (Å²) in [6, 6.07) is 3.62. The van der Waals surface area contributed by atoms with Gasteiger partial charge in [0.05, 0.1) is 24.2 Å². The first-order valence-electron chi connectivity index (χ1n) is 9.53. The highest BCUT2D eigenvalue weighted by molar-refractivity contribution is 6.32. The predicted octanol–water partition coefficient (Wildman–Crippen LogP) is 2.21. The van der Waals surface area contributed by atoms with Crippen LogP contribution in [0.15, 0.2) is 12.1 Å². The van der Waals surface area contributed by atoms with Crippen molar-refractivity contribution >= 4 is 28.4 Å². The Hall–Kier alpha value is -2.09. The number of amides is 1. The van der Waals surface area contributed by atoms with E-state index in [0.29, 0.717) is 41.9 Å². The average molecular weight is 406 g/mol. The van der Waals surface area contributed by atoms with E-state index in [1.807, 2.05) is 6.07 Å². The van der Waals surface area contributed by atoms with Crippen molar-refractivity contribution < 1.29 is 19.4 Å². The van der Waals surface area contributed by atoms with Gasteiger partial charge in [-0.15, -0.1) is 0 Å². The van der Waals surface area contributed by atoms with Crippen LogP contribution in [0.5, 0.6) is 11.6 Å². The highest BCUT2D eigenvalue weighted by Crippen LogP contribution is 2.39. The molecule has 1 fully saturated rings. The minimum absolute atomic E-state index is 0.312. The molecule has 1 aromatic carbocycles. The molecule has 8 heteroatoms. The third-order valence-corrected chi connectivity index (χ3v) is 5.77. The van der Waals surface area contributed by atoms with Gasteiger partial charge in [-0.25, -0.2) is 4.98 Å². The van der Waals surface area contributed by atoms with E-state index in [4.69, 9.17) is 21.1 Å². The zero-order valence-electron chi connectivity index (χ0n) is 15.9. The number of aliphatic hydroxyl groups excluding tert-OH is 1. The van der Waals surface area contributed by atoms with E-state index in [1.165, 1.54) is 12.8 Å². The summed E-state index contributed by atoms with van der Waals surface area (Å²) in [5, 5.41) is 10.6. The Morgan fingerprint density at radius 3 is 2.71 bits per heavy atom. The molecule has 0 radical (unpaired) electrons. The zero-order chi connectivity index (χ0) is 19.7. The molecule has 1 saturated heterocycles. The molecule has 0 aliphatic carbocycles. The molecule has 2 aliphatic heterocycles. The summed E-state index contributed by atoms with van der Waals surface area (Å²) in [7, 11) is 1.57. The summed E-state index contributed by atoms with van der Waals surface area (Å²) in [5.41, 5.74) is 2.57. The van der Waals surface area contributed by atoms with Crippen LogP contribution in [0.3, 0.4) is 0 Å². The van der Waals surface area contributed by atoms with Crippen LogP contribution in [-0.2, 0) is 17.9 Å². The molecule has 0 spiro atoms. The van der Waals surface area contributed by atoms with Crippen LogP contribution in [0.2, 0.25) is 5.02 Å². The summed E-state index contributed by atoms with van der Waals surface area (Å²) in [4.78, 5) is 20.7. The lowest BCUT2D eigenvalue weighted by Crippen LogP contribution is -2.28. The number of hydrogen-bond acceptors (Lipinski definition) is 6. The molecular weight excluding hydrogens is 382 g/mol. The van der Waals surface area contributed by atoms with Crippen molar-refractivity contribution in [2.45, 2.75) is 25.9 Å². The Bertz CT molecular complexity index is 899. The Labute approximate surface area is 168 Å². The van der Waals surface area contributed by atoms with E-state index >= 15 is 0 Å². The van der Waals surface area contributed by atoms with Gasteiger partial charge in [0.1, 0.15) is 19.0 Å². The van der Waals surface area contributed by atoms with Gasteiger partial charge < -0.3 is 19.5 Å². The summed E-state index contributed by atoms with van der Waals surface area (Å²) < 4.78 is 11.4. The van der Waals surface area contributed by atoms with Gasteiger partial charge in [-0.2, -0.15) is 0 Å². The van der Waals surface area contributed by atoms with Crippen molar-refractivity contribution in [1.82, 2.24) is 14.8 Å². The van der Waals surface area contributed by atoms with E-state index in [0.717, 1.165) is 36.1 Å². The highest BCUT2D eigenvalue weighted by atomic mass is 35.5. The van der Waals surface area contributed by atoms with Crippen LogP contribution in [0.25, 0.3) is 10.9 Å². The first-order chi connectivity index (χ1) is 13.6. The van der Waals surface area contributed by atoms with Gasteiger partial charge in [0.25, 0.3) is 0 Å². The van der Waals surface area contributed by atoms with Gasteiger partial charge in [0.2, 0.25) is 11.8 Å². The van der Waals surface area contributed by atoms with E-state index in [1.54, 1.807) is 18.1 Å². The van der Waals surface area contributed by atoms with Crippen molar-refractivity contribution in [2.24, 2.45) is 0 Å². The third kappa shape index (κ3) is 3.62. The van der Waals surface area contributed by atoms with Gasteiger partial charge in [-0.1, -0.05) is 11.6 Å². The highest BCUT2D eigenvalue weighted by Gasteiger charge is 2.29. The standard InChI is InChI=1S/C20H24ClN3O4/c1-27-18-8-13-14-10-24(19(26)12-25)11-15(14)20(22-17(13)9-16(18)21)28-7-6-23-4-2-3-5-23/h8-9,25H,2-7,10-12H2,1H3. The second-order valence-corrected chi connectivity index (χ2v) is 7.59. The molecule has 2 aromatic rings. The van der Waals surface area contributed by atoms with Crippen molar-refractivity contribution in [3.8, 4) is 11.6 Å². The molecule has 28 heavy (non-hydrogen) atoms. The quantitative estimate of drug-likeness (QED) is 0.794. The molecule has 0 saturated carbocycles. The number of nitrogens with zero attached hydrogens (tertiary/aromatic N) is 3. The molecule has 3 heterocycles. The maximum absolute atomic E-state index is 12.1. The van der Waals surface area contributed by atoms with Gasteiger partial charge >= 0.3 is 0 Å². The van der Waals surface area contributed by atoms with E-state index in [9.17, 15) is 9.90 Å². The number of halogens is 1. The zero-order valence-corrected chi connectivity index (χ0v) is 16.7. The lowest BCUT2D eigenvalue weighted by atomic mass is 10.1. The molecule has 4 rings (SSSR count). The van der Waals surface area contributed by atoms with Gasteiger partial charge in [-0.05, 0) is 43.6 Å². The molecule has 150 valence electrons. The number of ether oxygens (including phenoxy) is 2. The molecule has 7 nitrogen and oxygen atoms in total. The second-order valence-electron chi connectivity index (χ2n) is 7.18. The summed E-state index contributed by atoms with van der Waals surface area (Å²) in [6.07, 6.45) is 2.48. The number of carbonyl (C=O) groups is 1.